The van der Waals surface area contributed by atoms with Crippen molar-refractivity contribution in [2.24, 2.45) is 5.73 Å². The number of rotatable bonds is 5. The van der Waals surface area contributed by atoms with E-state index in [0.717, 1.165) is 64.0 Å². The average Bonchev–Trinajstić information content (AvgIpc) is 3.36. The summed E-state index contributed by atoms with van der Waals surface area (Å²) in [7, 11) is 2.15. The third-order valence-corrected chi connectivity index (χ3v) is 8.42. The number of amides is 2. The van der Waals surface area contributed by atoms with Gasteiger partial charge in [0.05, 0.1) is 22.8 Å². The molecule has 2 aromatic heterocycles. The quantitative estimate of drug-likeness (QED) is 0.358. The number of carbonyl (C=O) groups is 1. The molecule has 0 atom stereocenters. The van der Waals surface area contributed by atoms with Crippen LogP contribution in [-0.4, -0.2) is 74.8 Å². The Labute approximate surface area is 240 Å². The third kappa shape index (κ3) is 5.13. The van der Waals surface area contributed by atoms with E-state index in [1.54, 1.807) is 6.07 Å². The standard InChI is InChI=1S/C29H32F3N9O/c1-38-10-12-39(13-11-38)19-4-6-20(7-5-19)41-28-25(27(33)35-16-36-28)26(37-41)17-2-8-23(21(31)14-17)40(29(34)42)24-9-3-18(30)15-22(24)32/h2-3,8-9,14-16,19-20H,4-7,10-13H2,1H3,(H2,34,42)(H2,33,35,36). The number of likely N-dealkylation sites (N-methyl/N-ethyl adjacent to an activating group) is 1. The van der Waals surface area contributed by atoms with Crippen LogP contribution in [0.25, 0.3) is 22.3 Å². The molecule has 0 radical (unpaired) electrons. The van der Waals surface area contributed by atoms with Gasteiger partial charge in [-0.2, -0.15) is 5.10 Å². The number of benzene rings is 2. The van der Waals surface area contributed by atoms with Crippen LogP contribution in [0.5, 0.6) is 0 Å². The number of urea groups is 1. The number of aromatic nitrogens is 4. The predicted molar refractivity (Wildman–Crippen MR) is 154 cm³/mol. The van der Waals surface area contributed by atoms with Gasteiger partial charge in [-0.05, 0) is 57.0 Å². The molecule has 1 aliphatic carbocycles. The Morgan fingerprint density at radius 3 is 2.19 bits per heavy atom. The molecule has 1 saturated heterocycles. The van der Waals surface area contributed by atoms with Crippen LogP contribution in [0.2, 0.25) is 0 Å². The summed E-state index contributed by atoms with van der Waals surface area (Å²) in [6, 6.07) is 6.09. The van der Waals surface area contributed by atoms with Gasteiger partial charge in [0.1, 0.15) is 35.3 Å². The van der Waals surface area contributed by atoms with Gasteiger partial charge in [0.25, 0.3) is 0 Å². The van der Waals surface area contributed by atoms with E-state index in [4.69, 9.17) is 16.6 Å². The summed E-state index contributed by atoms with van der Waals surface area (Å²) in [6.45, 7) is 4.31. The number of hydrogen-bond acceptors (Lipinski definition) is 7. The smallest absolute Gasteiger partial charge is 0.324 e. The Balaban J connectivity index is 1.31. The van der Waals surface area contributed by atoms with Crippen molar-refractivity contribution in [1.29, 1.82) is 0 Å². The lowest BCUT2D eigenvalue weighted by Gasteiger charge is -2.41. The van der Waals surface area contributed by atoms with E-state index >= 15 is 4.39 Å². The van der Waals surface area contributed by atoms with Crippen molar-refractivity contribution < 1.29 is 18.0 Å². The molecule has 1 saturated carbocycles. The maximum absolute atomic E-state index is 15.6. The molecule has 42 heavy (non-hydrogen) atoms. The molecule has 2 amide bonds. The van der Waals surface area contributed by atoms with Gasteiger partial charge in [-0.15, -0.1) is 0 Å². The van der Waals surface area contributed by atoms with Gasteiger partial charge in [-0.3, -0.25) is 9.80 Å². The van der Waals surface area contributed by atoms with Crippen molar-refractivity contribution in [1.82, 2.24) is 29.5 Å². The molecule has 2 fully saturated rings. The Morgan fingerprint density at radius 2 is 1.55 bits per heavy atom. The summed E-state index contributed by atoms with van der Waals surface area (Å²) in [6.07, 6.45) is 5.30. The summed E-state index contributed by atoms with van der Waals surface area (Å²) >= 11 is 0. The van der Waals surface area contributed by atoms with Gasteiger partial charge in [0, 0.05) is 43.9 Å². The van der Waals surface area contributed by atoms with E-state index in [1.807, 2.05) is 4.68 Å². The number of nitrogens with two attached hydrogens (primary N) is 2. The maximum atomic E-state index is 15.6. The highest BCUT2D eigenvalue weighted by atomic mass is 19.1. The molecule has 4 aromatic rings. The molecular formula is C29H32F3N9O. The number of halogens is 3. The Hall–Kier alpha value is -4.23. The lowest BCUT2D eigenvalue weighted by Crippen LogP contribution is -2.49. The van der Waals surface area contributed by atoms with E-state index in [0.29, 0.717) is 39.3 Å². The van der Waals surface area contributed by atoms with Crippen LogP contribution in [0, 0.1) is 17.5 Å². The van der Waals surface area contributed by atoms with Crippen LogP contribution < -0.4 is 16.4 Å². The molecule has 10 nitrogen and oxygen atoms in total. The zero-order valence-corrected chi connectivity index (χ0v) is 23.2. The fraction of sp³-hybridized carbons (Fsp3) is 0.379. The number of piperazine rings is 1. The fourth-order valence-electron chi connectivity index (χ4n) is 6.17. The first kappa shape index (κ1) is 27.9. The lowest BCUT2D eigenvalue weighted by molar-refractivity contribution is 0.0815. The number of hydrogen-bond donors (Lipinski definition) is 2. The highest BCUT2D eigenvalue weighted by molar-refractivity contribution is 6.00. The molecule has 2 aliphatic rings. The summed E-state index contributed by atoms with van der Waals surface area (Å²) in [5, 5.41) is 5.37. The van der Waals surface area contributed by atoms with E-state index in [9.17, 15) is 13.6 Å². The largest absolute Gasteiger partial charge is 0.383 e. The van der Waals surface area contributed by atoms with Gasteiger partial charge in [0.15, 0.2) is 5.65 Å². The fourth-order valence-corrected chi connectivity index (χ4v) is 6.17. The van der Waals surface area contributed by atoms with Crippen LogP contribution >= 0.6 is 0 Å². The van der Waals surface area contributed by atoms with Crippen LogP contribution in [0.3, 0.4) is 0 Å². The van der Waals surface area contributed by atoms with Crippen LogP contribution in [0.4, 0.5) is 35.2 Å². The Morgan fingerprint density at radius 1 is 0.905 bits per heavy atom. The molecule has 13 heteroatoms. The summed E-state index contributed by atoms with van der Waals surface area (Å²) < 4.78 is 45.4. The van der Waals surface area contributed by atoms with Crippen molar-refractivity contribution in [3.05, 3.63) is 60.2 Å². The second kappa shape index (κ2) is 11.2. The first-order valence-electron chi connectivity index (χ1n) is 14.0. The van der Waals surface area contributed by atoms with Gasteiger partial charge in [-0.1, -0.05) is 6.07 Å². The highest BCUT2D eigenvalue weighted by Gasteiger charge is 2.31. The van der Waals surface area contributed by atoms with Crippen LogP contribution in [0.15, 0.2) is 42.7 Å². The van der Waals surface area contributed by atoms with E-state index < -0.39 is 23.5 Å². The SMILES string of the molecule is CN1CCN(C2CCC(n3nc(-c4ccc(N(C(N)=O)c5ccc(F)cc5F)c(F)c4)c4c(N)ncnc43)CC2)CC1. The average molecular weight is 580 g/mol. The van der Waals surface area contributed by atoms with Crippen molar-refractivity contribution in [3.63, 3.8) is 0 Å². The first-order valence-corrected chi connectivity index (χ1v) is 14.0. The van der Waals surface area contributed by atoms with Crippen LogP contribution in [0.1, 0.15) is 31.7 Å². The van der Waals surface area contributed by atoms with E-state index in [1.165, 1.54) is 18.5 Å². The minimum absolute atomic E-state index is 0.0928. The number of nitrogen functional groups attached to an aromatic ring is 1. The van der Waals surface area contributed by atoms with Crippen molar-refractivity contribution in [2.45, 2.75) is 37.8 Å². The second-order valence-corrected chi connectivity index (χ2v) is 11.0. The van der Waals surface area contributed by atoms with Gasteiger partial charge in [-0.25, -0.2) is 32.6 Å². The molecule has 4 N–H and O–H groups in total. The monoisotopic (exact) mass is 579 g/mol. The number of carbonyl (C=O) groups excluding carboxylic acids is 1. The van der Waals surface area contributed by atoms with Crippen molar-refractivity contribution >= 4 is 34.3 Å². The van der Waals surface area contributed by atoms with Crippen molar-refractivity contribution in [3.8, 4) is 11.3 Å². The molecule has 220 valence electrons. The van der Waals surface area contributed by atoms with Gasteiger partial charge < -0.3 is 16.4 Å². The molecule has 0 unspecified atom stereocenters. The number of nitrogens with zero attached hydrogens (tertiary/aromatic N) is 7. The van der Waals surface area contributed by atoms with E-state index in [2.05, 4.69) is 26.8 Å². The molecule has 1 aliphatic heterocycles. The number of fused-ring (bicyclic) bond motifs is 1. The minimum atomic E-state index is -1.13. The topological polar surface area (TPSA) is 122 Å². The van der Waals surface area contributed by atoms with Crippen molar-refractivity contribution in [2.75, 3.05) is 43.9 Å². The predicted octanol–water partition coefficient (Wildman–Crippen LogP) is 4.44. The Bertz CT molecular complexity index is 1630. The first-order chi connectivity index (χ1) is 20.2. The zero-order chi connectivity index (χ0) is 29.5. The van der Waals surface area contributed by atoms with Crippen LogP contribution in [-0.2, 0) is 0 Å². The lowest BCUT2D eigenvalue weighted by atomic mass is 9.90. The maximum Gasteiger partial charge on any atom is 0.324 e. The third-order valence-electron chi connectivity index (χ3n) is 8.42. The van der Waals surface area contributed by atoms with Gasteiger partial charge in [0.2, 0.25) is 0 Å². The minimum Gasteiger partial charge on any atom is -0.383 e. The second-order valence-electron chi connectivity index (χ2n) is 11.0. The molecular weight excluding hydrogens is 547 g/mol. The zero-order valence-electron chi connectivity index (χ0n) is 23.2. The number of anilines is 3. The highest BCUT2D eigenvalue weighted by Crippen LogP contribution is 2.39. The molecule has 6 rings (SSSR count). The normalized spacial score (nSPS) is 20.2. The molecule has 0 bridgehead atoms. The number of primary amides is 1. The summed E-state index contributed by atoms with van der Waals surface area (Å²) in [4.78, 5) is 26.5. The molecule has 0 spiro atoms. The van der Waals surface area contributed by atoms with E-state index in [-0.39, 0.29) is 23.2 Å². The Kier molecular flexibility index (Phi) is 7.45. The summed E-state index contributed by atoms with van der Waals surface area (Å²) in [5.74, 6) is -2.55. The van der Waals surface area contributed by atoms with Gasteiger partial charge >= 0.3 is 6.03 Å². The summed E-state index contributed by atoms with van der Waals surface area (Å²) in [5.41, 5.74) is 12.4. The molecule has 2 aromatic carbocycles. The molecule has 3 heterocycles.